The zero-order valence-electron chi connectivity index (χ0n) is 15.2. The number of urea groups is 1. The third kappa shape index (κ3) is 4.85. The fourth-order valence-electron chi connectivity index (χ4n) is 2.82. The molecule has 0 fully saturated rings. The van der Waals surface area contributed by atoms with Gasteiger partial charge in [-0.1, -0.05) is 47.8 Å². The second kappa shape index (κ2) is 8.84. The normalized spacial score (nSPS) is 11.8. The van der Waals surface area contributed by atoms with E-state index in [-0.39, 0.29) is 5.91 Å². The number of carbonyl (C=O) groups is 2. The van der Waals surface area contributed by atoms with Gasteiger partial charge in [-0.3, -0.25) is 9.48 Å². The van der Waals surface area contributed by atoms with Crippen molar-refractivity contribution in [1.29, 1.82) is 0 Å². The topological polar surface area (TPSA) is 102 Å². The number of benzene rings is 1. The summed E-state index contributed by atoms with van der Waals surface area (Å²) in [5, 5.41) is 9.85. The van der Waals surface area contributed by atoms with Crippen molar-refractivity contribution in [2.45, 2.75) is 39.2 Å². The average Bonchev–Trinajstić information content (AvgIpc) is 2.85. The van der Waals surface area contributed by atoms with E-state index in [9.17, 15) is 9.59 Å². The van der Waals surface area contributed by atoms with Crippen LogP contribution in [0.2, 0.25) is 0 Å². The predicted molar refractivity (Wildman–Crippen MR) is 106 cm³/mol. The van der Waals surface area contributed by atoms with Crippen LogP contribution >= 0.6 is 15.9 Å². The molecular weight excluding hydrogens is 398 g/mol. The first-order chi connectivity index (χ1) is 12.3. The first kappa shape index (κ1) is 20.0. The Kier molecular flexibility index (Phi) is 6.79. The summed E-state index contributed by atoms with van der Waals surface area (Å²) < 4.78 is 2.60. The number of aromatic nitrogens is 2. The van der Waals surface area contributed by atoms with E-state index in [1.54, 1.807) is 11.7 Å². The Balaban J connectivity index is 2.31. The molecule has 1 aromatic carbocycles. The van der Waals surface area contributed by atoms with Crippen LogP contribution in [-0.4, -0.2) is 27.8 Å². The Morgan fingerprint density at radius 3 is 2.54 bits per heavy atom. The standard InChI is InChI=1S/C18H24BrN5O2/c1-4-5-6-14(21-18(20)26)17(25)22-16-15(11(2)23-24(16)3)12-7-9-13(19)10-8-12/h7-10,14H,4-6H2,1-3H3,(H,22,25)(H3,20,21,26). The second-order valence-corrected chi connectivity index (χ2v) is 7.05. The third-order valence-corrected chi connectivity index (χ3v) is 4.60. The number of nitrogens with zero attached hydrogens (tertiary/aromatic N) is 2. The number of unbranched alkanes of at least 4 members (excludes halogenated alkanes) is 1. The summed E-state index contributed by atoms with van der Waals surface area (Å²) in [4.78, 5) is 24.0. The SMILES string of the molecule is CCCCC(NC(N)=O)C(=O)Nc1c(-c2ccc(Br)cc2)c(C)nn1C. The molecule has 0 aliphatic carbocycles. The number of rotatable bonds is 7. The molecule has 1 atom stereocenters. The van der Waals surface area contributed by atoms with Gasteiger partial charge in [0, 0.05) is 17.1 Å². The number of halogens is 1. The average molecular weight is 422 g/mol. The van der Waals surface area contributed by atoms with Gasteiger partial charge in [0.15, 0.2) is 0 Å². The molecule has 4 N–H and O–H groups in total. The van der Waals surface area contributed by atoms with Crippen LogP contribution in [-0.2, 0) is 11.8 Å². The van der Waals surface area contributed by atoms with E-state index < -0.39 is 12.1 Å². The van der Waals surface area contributed by atoms with Crippen molar-refractivity contribution in [2.24, 2.45) is 12.8 Å². The Labute approximate surface area is 161 Å². The van der Waals surface area contributed by atoms with E-state index in [2.05, 4.69) is 31.7 Å². The summed E-state index contributed by atoms with van der Waals surface area (Å²) in [6.07, 6.45) is 2.25. The molecule has 0 saturated heterocycles. The fourth-order valence-corrected chi connectivity index (χ4v) is 3.08. The van der Waals surface area contributed by atoms with Gasteiger partial charge in [-0.15, -0.1) is 0 Å². The molecule has 8 heteroatoms. The molecule has 0 saturated carbocycles. The molecule has 1 aromatic heterocycles. The Hall–Kier alpha value is -2.35. The summed E-state index contributed by atoms with van der Waals surface area (Å²) in [6.45, 7) is 3.92. The smallest absolute Gasteiger partial charge is 0.312 e. The van der Waals surface area contributed by atoms with Gasteiger partial charge in [-0.25, -0.2) is 4.79 Å². The largest absolute Gasteiger partial charge is 0.352 e. The quantitative estimate of drug-likeness (QED) is 0.638. The maximum Gasteiger partial charge on any atom is 0.312 e. The third-order valence-electron chi connectivity index (χ3n) is 4.08. The first-order valence-corrected chi connectivity index (χ1v) is 9.29. The van der Waals surface area contributed by atoms with E-state index in [0.29, 0.717) is 12.2 Å². The van der Waals surface area contributed by atoms with Crippen LogP contribution in [0.3, 0.4) is 0 Å². The number of carbonyl (C=O) groups excluding carboxylic acids is 2. The molecule has 3 amide bonds. The molecule has 0 spiro atoms. The monoisotopic (exact) mass is 421 g/mol. The van der Waals surface area contributed by atoms with Crippen molar-refractivity contribution >= 4 is 33.7 Å². The number of hydrogen-bond acceptors (Lipinski definition) is 3. The van der Waals surface area contributed by atoms with Gasteiger partial charge >= 0.3 is 6.03 Å². The maximum absolute atomic E-state index is 12.7. The van der Waals surface area contributed by atoms with Crippen molar-refractivity contribution in [3.8, 4) is 11.1 Å². The lowest BCUT2D eigenvalue weighted by atomic mass is 10.1. The molecule has 1 heterocycles. The van der Waals surface area contributed by atoms with E-state index >= 15 is 0 Å². The summed E-state index contributed by atoms with van der Waals surface area (Å²) >= 11 is 3.42. The Morgan fingerprint density at radius 2 is 1.96 bits per heavy atom. The Bertz CT molecular complexity index is 786. The van der Waals surface area contributed by atoms with Crippen molar-refractivity contribution in [3.63, 3.8) is 0 Å². The summed E-state index contributed by atoms with van der Waals surface area (Å²) in [7, 11) is 1.77. The molecule has 0 bridgehead atoms. The molecule has 0 radical (unpaired) electrons. The van der Waals surface area contributed by atoms with Crippen LogP contribution in [0.15, 0.2) is 28.7 Å². The summed E-state index contributed by atoms with van der Waals surface area (Å²) in [5.74, 6) is 0.279. The zero-order chi connectivity index (χ0) is 19.3. The van der Waals surface area contributed by atoms with Gasteiger partial charge < -0.3 is 16.4 Å². The minimum Gasteiger partial charge on any atom is -0.352 e. The molecule has 2 aromatic rings. The van der Waals surface area contributed by atoms with Crippen molar-refractivity contribution < 1.29 is 9.59 Å². The fraction of sp³-hybridized carbons (Fsp3) is 0.389. The number of nitrogens with one attached hydrogen (secondary N) is 2. The molecule has 1 unspecified atom stereocenters. The number of aryl methyl sites for hydroxylation is 2. The van der Waals surface area contributed by atoms with Crippen LogP contribution in [0.1, 0.15) is 31.9 Å². The van der Waals surface area contributed by atoms with E-state index in [4.69, 9.17) is 5.73 Å². The van der Waals surface area contributed by atoms with Gasteiger partial charge in [0.25, 0.3) is 0 Å². The number of hydrogen-bond donors (Lipinski definition) is 3. The highest BCUT2D eigenvalue weighted by atomic mass is 79.9. The van der Waals surface area contributed by atoms with Crippen LogP contribution in [0, 0.1) is 6.92 Å². The van der Waals surface area contributed by atoms with E-state index in [0.717, 1.165) is 34.1 Å². The maximum atomic E-state index is 12.7. The van der Waals surface area contributed by atoms with E-state index in [1.165, 1.54) is 0 Å². The molecule has 2 rings (SSSR count). The van der Waals surface area contributed by atoms with Gasteiger partial charge in [-0.05, 0) is 31.0 Å². The molecule has 26 heavy (non-hydrogen) atoms. The highest BCUT2D eigenvalue weighted by Crippen LogP contribution is 2.32. The van der Waals surface area contributed by atoms with Crippen LogP contribution in [0.5, 0.6) is 0 Å². The van der Waals surface area contributed by atoms with Crippen LogP contribution < -0.4 is 16.4 Å². The summed E-state index contributed by atoms with van der Waals surface area (Å²) in [6, 6.07) is 6.40. The van der Waals surface area contributed by atoms with Crippen LogP contribution in [0.25, 0.3) is 11.1 Å². The van der Waals surface area contributed by atoms with Crippen molar-refractivity contribution in [2.75, 3.05) is 5.32 Å². The zero-order valence-corrected chi connectivity index (χ0v) is 16.8. The second-order valence-electron chi connectivity index (χ2n) is 6.13. The predicted octanol–water partition coefficient (Wildman–Crippen LogP) is 3.32. The highest BCUT2D eigenvalue weighted by Gasteiger charge is 2.23. The van der Waals surface area contributed by atoms with Gasteiger partial charge in [0.2, 0.25) is 5.91 Å². The number of primary amides is 1. The lowest BCUT2D eigenvalue weighted by Gasteiger charge is -2.18. The molecule has 0 aliphatic rings. The van der Waals surface area contributed by atoms with Gasteiger partial charge in [0.05, 0.1) is 5.69 Å². The molecule has 140 valence electrons. The Morgan fingerprint density at radius 1 is 1.31 bits per heavy atom. The van der Waals surface area contributed by atoms with Gasteiger partial charge in [0.1, 0.15) is 11.9 Å². The summed E-state index contributed by atoms with van der Waals surface area (Å²) in [5.41, 5.74) is 7.81. The van der Waals surface area contributed by atoms with E-state index in [1.807, 2.05) is 38.1 Å². The molecule has 0 aliphatic heterocycles. The molecular formula is C18H24BrN5O2. The number of amides is 3. The first-order valence-electron chi connectivity index (χ1n) is 8.49. The lowest BCUT2D eigenvalue weighted by Crippen LogP contribution is -2.46. The lowest BCUT2D eigenvalue weighted by molar-refractivity contribution is -0.118. The number of nitrogens with two attached hydrogens (primary N) is 1. The van der Waals surface area contributed by atoms with Gasteiger partial charge in [-0.2, -0.15) is 5.10 Å². The van der Waals surface area contributed by atoms with Crippen molar-refractivity contribution in [3.05, 3.63) is 34.4 Å². The highest BCUT2D eigenvalue weighted by molar-refractivity contribution is 9.10. The van der Waals surface area contributed by atoms with Crippen molar-refractivity contribution in [1.82, 2.24) is 15.1 Å². The van der Waals surface area contributed by atoms with Crippen LogP contribution in [0.4, 0.5) is 10.6 Å². The molecule has 7 nitrogen and oxygen atoms in total. The minimum absolute atomic E-state index is 0.307. The minimum atomic E-state index is -0.712. The number of anilines is 1.